The van der Waals surface area contributed by atoms with E-state index in [9.17, 15) is 13.6 Å². The normalized spacial score (nSPS) is 11.4. The minimum absolute atomic E-state index is 0.252. The topological polar surface area (TPSA) is 81.1 Å². The number of carbonyl (C=O) groups is 1. The second kappa shape index (κ2) is 4.44. The number of hydrogen-bond donors (Lipinski definition) is 3. The van der Waals surface area contributed by atoms with Gasteiger partial charge >= 0.3 is 5.92 Å². The van der Waals surface area contributed by atoms with Crippen molar-refractivity contribution in [1.82, 2.24) is 0 Å². The Labute approximate surface area is 104 Å². The molecule has 6 heteroatoms. The van der Waals surface area contributed by atoms with Crippen molar-refractivity contribution in [3.63, 3.8) is 0 Å². The Bertz CT molecular complexity index is 478. The van der Waals surface area contributed by atoms with Gasteiger partial charge in [0, 0.05) is 18.3 Å². The molecule has 1 rings (SSSR count). The van der Waals surface area contributed by atoms with Crippen LogP contribution in [-0.4, -0.2) is 11.8 Å². The molecule has 0 spiro atoms. The highest BCUT2D eigenvalue weighted by Gasteiger charge is 2.33. The second-order valence-corrected chi connectivity index (χ2v) is 4.42. The van der Waals surface area contributed by atoms with Crippen molar-refractivity contribution in [2.75, 3.05) is 16.8 Å². The molecular weight excluding hydrogens is 240 g/mol. The number of anilines is 3. The highest BCUT2D eigenvalue weighted by molar-refractivity contribution is 5.99. The average molecular weight is 257 g/mol. The van der Waals surface area contributed by atoms with E-state index in [2.05, 4.69) is 5.32 Å². The quantitative estimate of drug-likeness (QED) is 0.711. The van der Waals surface area contributed by atoms with Crippen LogP contribution in [0.5, 0.6) is 0 Å². The molecule has 0 radical (unpaired) electrons. The number of carbonyl (C=O) groups excluding carboxylic acids is 1. The molecule has 0 fully saturated rings. The summed E-state index contributed by atoms with van der Waals surface area (Å²) < 4.78 is 25.7. The van der Waals surface area contributed by atoms with Crippen molar-refractivity contribution in [1.29, 1.82) is 0 Å². The van der Waals surface area contributed by atoms with Crippen LogP contribution in [0.2, 0.25) is 0 Å². The fourth-order valence-electron chi connectivity index (χ4n) is 1.67. The van der Waals surface area contributed by atoms with Crippen molar-refractivity contribution in [3.8, 4) is 0 Å². The first-order valence-corrected chi connectivity index (χ1v) is 5.41. The third-order valence-electron chi connectivity index (χ3n) is 3.00. The van der Waals surface area contributed by atoms with Gasteiger partial charge in [-0.25, -0.2) is 0 Å². The van der Waals surface area contributed by atoms with Gasteiger partial charge in [0.2, 0.25) is 0 Å². The summed E-state index contributed by atoms with van der Waals surface area (Å²) in [6, 6.07) is 0. The third kappa shape index (κ3) is 2.37. The zero-order chi connectivity index (χ0) is 14.2. The zero-order valence-electron chi connectivity index (χ0n) is 10.8. The van der Waals surface area contributed by atoms with E-state index in [1.807, 2.05) is 0 Å². The number of nitrogens with one attached hydrogen (secondary N) is 1. The van der Waals surface area contributed by atoms with Gasteiger partial charge in [-0.05, 0) is 37.5 Å². The first-order valence-electron chi connectivity index (χ1n) is 5.41. The Balaban J connectivity index is 3.31. The number of amides is 1. The second-order valence-electron chi connectivity index (χ2n) is 4.42. The van der Waals surface area contributed by atoms with Crippen molar-refractivity contribution in [2.24, 2.45) is 0 Å². The molecule has 0 aromatic heterocycles. The van der Waals surface area contributed by atoms with E-state index >= 15 is 0 Å². The summed E-state index contributed by atoms with van der Waals surface area (Å²) in [4.78, 5) is 11.3. The maximum Gasteiger partial charge on any atom is 0.322 e. The molecule has 5 N–H and O–H groups in total. The van der Waals surface area contributed by atoms with Crippen molar-refractivity contribution < 1.29 is 13.6 Å². The number of benzene rings is 1. The molecule has 0 aliphatic heterocycles. The van der Waals surface area contributed by atoms with Crippen LogP contribution in [0, 0.1) is 20.8 Å². The zero-order valence-corrected chi connectivity index (χ0v) is 10.8. The number of rotatable bonds is 2. The summed E-state index contributed by atoms with van der Waals surface area (Å²) in [5.74, 6) is -4.83. The Morgan fingerprint density at radius 3 is 1.78 bits per heavy atom. The van der Waals surface area contributed by atoms with Gasteiger partial charge in [-0.3, -0.25) is 4.79 Å². The molecule has 1 aromatic rings. The van der Waals surface area contributed by atoms with Gasteiger partial charge in [0.25, 0.3) is 5.91 Å². The predicted octanol–water partition coefficient (Wildman–Crippen LogP) is 2.37. The number of alkyl halides is 2. The third-order valence-corrected chi connectivity index (χ3v) is 3.00. The number of nitrogen functional groups attached to an aromatic ring is 2. The van der Waals surface area contributed by atoms with Crippen LogP contribution in [0.15, 0.2) is 0 Å². The van der Waals surface area contributed by atoms with Crippen LogP contribution in [0.25, 0.3) is 0 Å². The van der Waals surface area contributed by atoms with Crippen molar-refractivity contribution >= 4 is 23.0 Å². The molecule has 4 nitrogen and oxygen atoms in total. The van der Waals surface area contributed by atoms with Crippen LogP contribution in [-0.2, 0) is 4.79 Å². The van der Waals surface area contributed by atoms with E-state index in [0.717, 1.165) is 0 Å². The smallest absolute Gasteiger partial charge is 0.322 e. The van der Waals surface area contributed by atoms with Gasteiger partial charge in [-0.15, -0.1) is 0 Å². The Kier molecular flexibility index (Phi) is 3.50. The van der Waals surface area contributed by atoms with Crippen molar-refractivity contribution in [3.05, 3.63) is 16.7 Å². The summed E-state index contributed by atoms with van der Waals surface area (Å²) in [7, 11) is 0. The molecule has 18 heavy (non-hydrogen) atoms. The molecule has 0 aliphatic rings. The summed E-state index contributed by atoms with van der Waals surface area (Å²) in [6.45, 7) is 5.58. The molecule has 0 bridgehead atoms. The van der Waals surface area contributed by atoms with Crippen LogP contribution in [0.4, 0.5) is 25.8 Å². The van der Waals surface area contributed by atoms with E-state index in [0.29, 0.717) is 35.0 Å². The van der Waals surface area contributed by atoms with Gasteiger partial charge in [-0.1, -0.05) is 0 Å². The molecule has 0 unspecified atom stereocenters. The van der Waals surface area contributed by atoms with Gasteiger partial charge in [-0.2, -0.15) is 8.78 Å². The minimum Gasteiger partial charge on any atom is -0.398 e. The van der Waals surface area contributed by atoms with Gasteiger partial charge < -0.3 is 16.8 Å². The average Bonchev–Trinajstić information content (AvgIpc) is 2.28. The summed E-state index contributed by atoms with van der Waals surface area (Å²) in [5, 5.41) is 2.18. The highest BCUT2D eigenvalue weighted by Crippen LogP contribution is 2.35. The maximum absolute atomic E-state index is 12.9. The molecule has 1 aromatic carbocycles. The van der Waals surface area contributed by atoms with Crippen molar-refractivity contribution in [2.45, 2.75) is 33.6 Å². The van der Waals surface area contributed by atoms with E-state index in [4.69, 9.17) is 11.5 Å². The van der Waals surface area contributed by atoms with E-state index in [-0.39, 0.29) is 5.69 Å². The van der Waals surface area contributed by atoms with Crippen LogP contribution >= 0.6 is 0 Å². The van der Waals surface area contributed by atoms with Gasteiger partial charge in [0.1, 0.15) is 0 Å². The number of nitrogens with two attached hydrogens (primary N) is 2. The predicted molar refractivity (Wildman–Crippen MR) is 68.7 cm³/mol. The molecule has 0 heterocycles. The fraction of sp³-hybridized carbons (Fsp3) is 0.417. The van der Waals surface area contributed by atoms with Crippen LogP contribution < -0.4 is 16.8 Å². The Morgan fingerprint density at radius 1 is 1.06 bits per heavy atom. The molecular formula is C12H17F2N3O. The lowest BCUT2D eigenvalue weighted by Gasteiger charge is -2.19. The largest absolute Gasteiger partial charge is 0.398 e. The summed E-state index contributed by atoms with van der Waals surface area (Å²) >= 11 is 0. The highest BCUT2D eigenvalue weighted by atomic mass is 19.3. The molecule has 0 aliphatic carbocycles. The summed E-state index contributed by atoms with van der Waals surface area (Å²) in [5.41, 5.74) is 14.4. The summed E-state index contributed by atoms with van der Waals surface area (Å²) in [6.07, 6.45) is 0. The van der Waals surface area contributed by atoms with Gasteiger partial charge in [0.15, 0.2) is 0 Å². The lowest BCUT2D eigenvalue weighted by molar-refractivity contribution is -0.137. The SMILES string of the molecule is Cc1c(N)c(C)c(NC(=O)C(C)(F)F)c(C)c1N. The number of halogens is 2. The Morgan fingerprint density at radius 2 is 1.44 bits per heavy atom. The first-order chi connectivity index (χ1) is 8.07. The Hall–Kier alpha value is -1.85. The molecule has 0 saturated carbocycles. The molecule has 1 amide bonds. The van der Waals surface area contributed by atoms with E-state index in [1.165, 1.54) is 0 Å². The minimum atomic E-state index is -3.45. The standard InChI is InChI=1S/C12H17F2N3O/c1-5-8(15)6(2)10(7(3)9(5)16)17-11(18)12(4,13)14/h15-16H2,1-4H3,(H,17,18). The fourth-order valence-corrected chi connectivity index (χ4v) is 1.67. The first kappa shape index (κ1) is 14.2. The lowest BCUT2D eigenvalue weighted by atomic mass is 9.99. The molecule has 100 valence electrons. The van der Waals surface area contributed by atoms with E-state index < -0.39 is 11.8 Å². The maximum atomic E-state index is 12.9. The number of hydrogen-bond acceptors (Lipinski definition) is 3. The molecule has 0 atom stereocenters. The molecule has 0 saturated heterocycles. The van der Waals surface area contributed by atoms with Gasteiger partial charge in [0.05, 0.1) is 5.69 Å². The van der Waals surface area contributed by atoms with Crippen LogP contribution in [0.1, 0.15) is 23.6 Å². The van der Waals surface area contributed by atoms with E-state index in [1.54, 1.807) is 20.8 Å². The monoisotopic (exact) mass is 257 g/mol. The lowest BCUT2D eigenvalue weighted by Crippen LogP contribution is -2.32. The van der Waals surface area contributed by atoms with Crippen LogP contribution in [0.3, 0.4) is 0 Å².